The molecule has 0 saturated carbocycles. The summed E-state index contributed by atoms with van der Waals surface area (Å²) in [6, 6.07) is 17.5. The van der Waals surface area contributed by atoms with E-state index in [1.54, 1.807) is 30.3 Å². The van der Waals surface area contributed by atoms with Crippen LogP contribution >= 0.6 is 0 Å². The van der Waals surface area contributed by atoms with Crippen LogP contribution in [0, 0.1) is 15.9 Å². The van der Waals surface area contributed by atoms with Gasteiger partial charge < -0.3 is 5.32 Å². The largest absolute Gasteiger partial charge is 0.322 e. The summed E-state index contributed by atoms with van der Waals surface area (Å²) in [7, 11) is 0. The Kier molecular flexibility index (Phi) is 5.89. The molecular formula is C22H15FN2O4. The van der Waals surface area contributed by atoms with Gasteiger partial charge in [0.25, 0.3) is 5.69 Å². The first-order valence-corrected chi connectivity index (χ1v) is 8.57. The molecule has 0 fully saturated rings. The van der Waals surface area contributed by atoms with Crippen molar-refractivity contribution in [3.05, 3.63) is 111 Å². The summed E-state index contributed by atoms with van der Waals surface area (Å²) < 4.78 is 12.9. The monoisotopic (exact) mass is 390 g/mol. The molecule has 0 saturated heterocycles. The summed E-state index contributed by atoms with van der Waals surface area (Å²) in [4.78, 5) is 35.6. The van der Waals surface area contributed by atoms with E-state index in [1.165, 1.54) is 48.6 Å². The highest BCUT2D eigenvalue weighted by atomic mass is 19.1. The van der Waals surface area contributed by atoms with Crippen LogP contribution in [0.4, 0.5) is 15.8 Å². The quantitative estimate of drug-likeness (QED) is 0.288. The lowest BCUT2D eigenvalue weighted by atomic mass is 10.0. The van der Waals surface area contributed by atoms with Crippen molar-refractivity contribution < 1.29 is 18.9 Å². The molecule has 3 aromatic carbocycles. The Morgan fingerprint density at radius 2 is 1.66 bits per heavy atom. The van der Waals surface area contributed by atoms with Gasteiger partial charge in [0.2, 0.25) is 5.91 Å². The predicted molar refractivity (Wildman–Crippen MR) is 107 cm³/mol. The molecule has 0 aliphatic carbocycles. The van der Waals surface area contributed by atoms with E-state index in [4.69, 9.17) is 0 Å². The van der Waals surface area contributed by atoms with E-state index in [9.17, 15) is 24.1 Å². The van der Waals surface area contributed by atoms with E-state index in [1.807, 2.05) is 0 Å². The van der Waals surface area contributed by atoms with Crippen molar-refractivity contribution in [2.24, 2.45) is 0 Å². The molecule has 3 rings (SSSR count). The third-order valence-electron chi connectivity index (χ3n) is 4.05. The average Bonchev–Trinajstić information content (AvgIpc) is 2.73. The van der Waals surface area contributed by atoms with Gasteiger partial charge in [-0.3, -0.25) is 19.7 Å². The normalized spacial score (nSPS) is 10.7. The Bertz CT molecular complexity index is 1090. The topological polar surface area (TPSA) is 89.3 Å². The highest BCUT2D eigenvalue weighted by Gasteiger charge is 2.19. The van der Waals surface area contributed by atoms with Gasteiger partial charge in [-0.25, -0.2) is 4.39 Å². The van der Waals surface area contributed by atoms with E-state index in [0.29, 0.717) is 11.1 Å². The summed E-state index contributed by atoms with van der Waals surface area (Å²) in [6.07, 6.45) is 2.71. The highest BCUT2D eigenvalue weighted by Crippen LogP contribution is 2.25. The van der Waals surface area contributed by atoms with Crippen LogP contribution < -0.4 is 5.32 Å². The number of nitrogens with one attached hydrogen (secondary N) is 1. The number of non-ortho nitro benzene ring substituents is 1. The molecule has 3 aromatic rings. The van der Waals surface area contributed by atoms with E-state index < -0.39 is 16.6 Å². The van der Waals surface area contributed by atoms with Gasteiger partial charge in [0, 0.05) is 23.8 Å². The number of amides is 1. The Hall–Kier alpha value is -4.13. The fourth-order valence-electron chi connectivity index (χ4n) is 2.61. The Labute approximate surface area is 165 Å². The number of carbonyl (C=O) groups excluding carboxylic acids is 2. The van der Waals surface area contributed by atoms with Gasteiger partial charge in [-0.15, -0.1) is 0 Å². The summed E-state index contributed by atoms with van der Waals surface area (Å²) in [5.74, 6) is -1.38. The summed E-state index contributed by atoms with van der Waals surface area (Å²) >= 11 is 0. The van der Waals surface area contributed by atoms with Crippen molar-refractivity contribution in [1.82, 2.24) is 0 Å². The van der Waals surface area contributed by atoms with Crippen LogP contribution in [0.25, 0.3) is 6.08 Å². The molecule has 0 radical (unpaired) electrons. The van der Waals surface area contributed by atoms with Crippen LogP contribution in [0.1, 0.15) is 21.5 Å². The maximum Gasteiger partial charge on any atom is 0.270 e. The van der Waals surface area contributed by atoms with Crippen molar-refractivity contribution in [2.45, 2.75) is 0 Å². The molecule has 1 amide bonds. The summed E-state index contributed by atoms with van der Waals surface area (Å²) in [6.45, 7) is 0. The highest BCUT2D eigenvalue weighted by molar-refractivity contribution is 6.15. The van der Waals surface area contributed by atoms with Gasteiger partial charge in [0.1, 0.15) is 5.82 Å². The summed E-state index contributed by atoms with van der Waals surface area (Å²) in [5.41, 5.74) is 0.854. The molecule has 6 nitrogen and oxygen atoms in total. The number of rotatable bonds is 6. The van der Waals surface area contributed by atoms with Crippen molar-refractivity contribution in [2.75, 3.05) is 5.32 Å². The lowest BCUT2D eigenvalue weighted by molar-refractivity contribution is -0.384. The molecule has 1 N–H and O–H groups in total. The number of nitro groups is 1. The number of anilines is 1. The van der Waals surface area contributed by atoms with Gasteiger partial charge in [0.15, 0.2) is 5.78 Å². The number of nitrogens with zero attached hydrogens (tertiary/aromatic N) is 1. The molecule has 0 aromatic heterocycles. The second-order valence-corrected chi connectivity index (χ2v) is 6.06. The molecule has 0 heterocycles. The molecule has 29 heavy (non-hydrogen) atoms. The SMILES string of the molecule is O=C(/C=C/c1ccc(F)cc1)Nc1ccc([N+](=O)[O-])cc1C(=O)c1ccccc1. The maximum absolute atomic E-state index is 12.9. The molecule has 0 aliphatic heterocycles. The maximum atomic E-state index is 12.9. The van der Waals surface area contributed by atoms with Gasteiger partial charge >= 0.3 is 0 Å². The third kappa shape index (κ3) is 4.98. The van der Waals surface area contributed by atoms with E-state index in [0.717, 1.165) is 6.07 Å². The lowest BCUT2D eigenvalue weighted by Crippen LogP contribution is -2.13. The third-order valence-corrected chi connectivity index (χ3v) is 4.05. The second kappa shape index (κ2) is 8.71. The first-order valence-electron chi connectivity index (χ1n) is 8.57. The van der Waals surface area contributed by atoms with E-state index >= 15 is 0 Å². The lowest BCUT2D eigenvalue weighted by Gasteiger charge is -2.09. The number of nitro benzene ring substituents is 1. The molecule has 7 heteroatoms. The fraction of sp³-hybridized carbons (Fsp3) is 0. The first kappa shape index (κ1) is 19.6. The zero-order chi connectivity index (χ0) is 20.8. The number of hydrogen-bond acceptors (Lipinski definition) is 4. The summed E-state index contributed by atoms with van der Waals surface area (Å²) in [5, 5.41) is 13.7. The number of benzene rings is 3. The number of halogens is 1. The zero-order valence-electron chi connectivity index (χ0n) is 15.0. The average molecular weight is 390 g/mol. The number of carbonyl (C=O) groups is 2. The molecule has 0 spiro atoms. The predicted octanol–water partition coefficient (Wildman–Crippen LogP) is 4.62. The Morgan fingerprint density at radius 3 is 2.31 bits per heavy atom. The molecular weight excluding hydrogens is 375 g/mol. The molecule has 0 unspecified atom stereocenters. The Balaban J connectivity index is 1.87. The van der Waals surface area contributed by atoms with Crippen LogP contribution in [0.5, 0.6) is 0 Å². The minimum absolute atomic E-state index is 0.00827. The van der Waals surface area contributed by atoms with Gasteiger partial charge in [0.05, 0.1) is 16.2 Å². The van der Waals surface area contributed by atoms with Crippen molar-refractivity contribution in [3.8, 4) is 0 Å². The molecule has 144 valence electrons. The minimum atomic E-state index is -0.609. The van der Waals surface area contributed by atoms with Gasteiger partial charge in [-0.1, -0.05) is 42.5 Å². The van der Waals surface area contributed by atoms with Crippen LogP contribution in [0.15, 0.2) is 78.9 Å². The van der Waals surface area contributed by atoms with Crippen molar-refractivity contribution >= 4 is 29.1 Å². The molecule has 0 aliphatic rings. The molecule has 0 atom stereocenters. The fourth-order valence-corrected chi connectivity index (χ4v) is 2.61. The van der Waals surface area contributed by atoms with Crippen LogP contribution in [0.3, 0.4) is 0 Å². The van der Waals surface area contributed by atoms with Crippen molar-refractivity contribution in [3.63, 3.8) is 0 Å². The van der Waals surface area contributed by atoms with Gasteiger partial charge in [-0.2, -0.15) is 0 Å². The first-order chi connectivity index (χ1) is 13.9. The smallest absolute Gasteiger partial charge is 0.270 e. The molecule has 0 bridgehead atoms. The van der Waals surface area contributed by atoms with Gasteiger partial charge in [-0.05, 0) is 29.8 Å². The van der Waals surface area contributed by atoms with E-state index in [-0.39, 0.29) is 22.8 Å². The Morgan fingerprint density at radius 1 is 0.966 bits per heavy atom. The van der Waals surface area contributed by atoms with Crippen LogP contribution in [0.2, 0.25) is 0 Å². The van der Waals surface area contributed by atoms with Crippen molar-refractivity contribution in [1.29, 1.82) is 0 Å². The number of ketones is 1. The second-order valence-electron chi connectivity index (χ2n) is 6.06. The number of hydrogen-bond donors (Lipinski definition) is 1. The van der Waals surface area contributed by atoms with E-state index in [2.05, 4.69) is 5.32 Å². The zero-order valence-corrected chi connectivity index (χ0v) is 15.0. The standard InChI is InChI=1S/C22H15FN2O4/c23-17-9-6-15(7-10-17)8-13-21(26)24-20-12-11-18(25(28)29)14-19(20)22(27)16-4-2-1-3-5-16/h1-14H,(H,24,26)/b13-8+. The minimum Gasteiger partial charge on any atom is -0.322 e. The van der Waals surface area contributed by atoms with Crippen LogP contribution in [-0.2, 0) is 4.79 Å². The van der Waals surface area contributed by atoms with Crippen LogP contribution in [-0.4, -0.2) is 16.6 Å².